The average molecular weight is 124 g/mol. The molecule has 1 rings (SSSR count). The van der Waals surface area contributed by atoms with Gasteiger partial charge in [0.15, 0.2) is 0 Å². The second-order valence-electron chi connectivity index (χ2n) is 2.58. The highest BCUT2D eigenvalue weighted by Gasteiger charge is 2.23. The summed E-state index contributed by atoms with van der Waals surface area (Å²) < 4.78 is 0. The summed E-state index contributed by atoms with van der Waals surface area (Å²) in [6, 6.07) is 0. The zero-order valence-corrected chi connectivity index (χ0v) is 5.48. The van der Waals surface area contributed by atoms with Crippen molar-refractivity contribution in [2.45, 2.75) is 18.4 Å². The first kappa shape index (κ1) is 6.60. The summed E-state index contributed by atoms with van der Waals surface area (Å²) in [5.41, 5.74) is 5.40. The maximum Gasteiger partial charge on any atom is 0.0899 e. The van der Waals surface area contributed by atoms with Crippen LogP contribution in [0.25, 0.3) is 0 Å². The molecule has 1 aliphatic heterocycles. The average Bonchev–Trinajstić information content (AvgIpc) is 1.90. The normalized spacial score (nSPS) is 35.6. The van der Waals surface area contributed by atoms with Crippen molar-refractivity contribution in [2.75, 3.05) is 13.1 Å². The molecule has 2 heteroatoms. The number of nitrogens with two attached hydrogens (primary N) is 1. The molecule has 1 atom stereocenters. The van der Waals surface area contributed by atoms with Crippen LogP contribution in [0.5, 0.6) is 0 Å². The molecule has 2 nitrogen and oxygen atoms in total. The number of nitrogens with one attached hydrogen (secondary N) is 1. The number of terminal acetylenes is 1. The van der Waals surface area contributed by atoms with Crippen molar-refractivity contribution in [3.63, 3.8) is 0 Å². The molecular formula is C7H12N2. The smallest absolute Gasteiger partial charge is 0.0899 e. The summed E-state index contributed by atoms with van der Waals surface area (Å²) >= 11 is 0. The zero-order chi connectivity index (χ0) is 6.74. The Hall–Kier alpha value is -0.520. The molecule has 0 bridgehead atoms. The molecule has 0 aromatic heterocycles. The Labute approximate surface area is 55.8 Å². The van der Waals surface area contributed by atoms with E-state index in [0.29, 0.717) is 0 Å². The lowest BCUT2D eigenvalue weighted by Gasteiger charge is -2.28. The fourth-order valence-corrected chi connectivity index (χ4v) is 1.05. The van der Waals surface area contributed by atoms with Gasteiger partial charge in [0.2, 0.25) is 0 Å². The van der Waals surface area contributed by atoms with Crippen molar-refractivity contribution < 1.29 is 0 Å². The van der Waals surface area contributed by atoms with E-state index in [-0.39, 0.29) is 5.54 Å². The van der Waals surface area contributed by atoms with Crippen molar-refractivity contribution >= 4 is 0 Å². The summed E-state index contributed by atoms with van der Waals surface area (Å²) in [5.74, 6) is 2.60. The Morgan fingerprint density at radius 2 is 2.44 bits per heavy atom. The van der Waals surface area contributed by atoms with Crippen LogP contribution in [0.15, 0.2) is 0 Å². The molecule has 0 spiro atoms. The van der Waals surface area contributed by atoms with Crippen molar-refractivity contribution in [2.24, 2.45) is 5.73 Å². The topological polar surface area (TPSA) is 38.0 Å². The first-order valence-corrected chi connectivity index (χ1v) is 3.24. The second-order valence-corrected chi connectivity index (χ2v) is 2.58. The number of rotatable bonds is 0. The van der Waals surface area contributed by atoms with Crippen molar-refractivity contribution in [3.8, 4) is 12.3 Å². The van der Waals surface area contributed by atoms with Gasteiger partial charge in [-0.2, -0.15) is 0 Å². The van der Waals surface area contributed by atoms with Crippen LogP contribution >= 0.6 is 0 Å². The Morgan fingerprint density at radius 1 is 1.67 bits per heavy atom. The summed E-state index contributed by atoms with van der Waals surface area (Å²) in [6.45, 7) is 1.82. The van der Waals surface area contributed by atoms with Gasteiger partial charge in [0.05, 0.1) is 5.54 Å². The van der Waals surface area contributed by atoms with Crippen LogP contribution in [0, 0.1) is 12.3 Å². The van der Waals surface area contributed by atoms with E-state index >= 15 is 0 Å². The Bertz CT molecular complexity index is 128. The number of hydrogen-bond donors (Lipinski definition) is 2. The third kappa shape index (κ3) is 1.44. The minimum atomic E-state index is -0.363. The predicted molar refractivity (Wildman–Crippen MR) is 37.9 cm³/mol. The molecule has 0 aromatic rings. The predicted octanol–water partition coefficient (Wildman–Crippen LogP) is -0.299. The highest BCUT2D eigenvalue weighted by atomic mass is 14.9. The van der Waals surface area contributed by atoms with E-state index in [2.05, 4.69) is 11.2 Å². The molecule has 3 N–H and O–H groups in total. The number of hydrogen-bond acceptors (Lipinski definition) is 2. The first-order valence-electron chi connectivity index (χ1n) is 3.24. The van der Waals surface area contributed by atoms with Crippen LogP contribution in [-0.2, 0) is 0 Å². The summed E-state index contributed by atoms with van der Waals surface area (Å²) in [4.78, 5) is 0. The molecule has 0 saturated carbocycles. The van der Waals surface area contributed by atoms with Crippen molar-refractivity contribution in [1.29, 1.82) is 0 Å². The second kappa shape index (κ2) is 2.38. The van der Waals surface area contributed by atoms with Gasteiger partial charge in [0.1, 0.15) is 0 Å². The molecule has 1 aliphatic rings. The van der Waals surface area contributed by atoms with Crippen molar-refractivity contribution in [1.82, 2.24) is 5.32 Å². The summed E-state index contributed by atoms with van der Waals surface area (Å²) in [7, 11) is 0. The maximum absolute atomic E-state index is 5.76. The van der Waals surface area contributed by atoms with Crippen LogP contribution in [0.4, 0.5) is 0 Å². The van der Waals surface area contributed by atoms with Crippen LogP contribution in [0.3, 0.4) is 0 Å². The molecule has 1 unspecified atom stereocenters. The fourth-order valence-electron chi connectivity index (χ4n) is 1.05. The van der Waals surface area contributed by atoms with Crippen LogP contribution in [0.1, 0.15) is 12.8 Å². The van der Waals surface area contributed by atoms with E-state index < -0.39 is 0 Å². The standard InChI is InChI=1S/C7H12N2/c1-2-7(8)4-3-5-9-6-7/h1,9H,3-6,8H2. The van der Waals surface area contributed by atoms with Crippen molar-refractivity contribution in [3.05, 3.63) is 0 Å². The lowest BCUT2D eigenvalue weighted by atomic mass is 9.93. The maximum atomic E-state index is 5.76. The van der Waals surface area contributed by atoms with Gasteiger partial charge in [-0.05, 0) is 19.4 Å². The monoisotopic (exact) mass is 124 g/mol. The molecule has 1 fully saturated rings. The molecule has 1 heterocycles. The Balaban J connectivity index is 2.49. The molecule has 0 amide bonds. The summed E-state index contributed by atoms with van der Waals surface area (Å²) in [5, 5.41) is 3.16. The van der Waals surface area contributed by atoms with Gasteiger partial charge in [0.25, 0.3) is 0 Å². The van der Waals surface area contributed by atoms with Gasteiger partial charge in [-0.25, -0.2) is 0 Å². The van der Waals surface area contributed by atoms with Gasteiger partial charge in [-0.1, -0.05) is 5.92 Å². The first-order chi connectivity index (χ1) is 4.27. The lowest BCUT2D eigenvalue weighted by Crippen LogP contribution is -2.51. The highest BCUT2D eigenvalue weighted by Crippen LogP contribution is 2.10. The Kier molecular flexibility index (Phi) is 1.75. The SMILES string of the molecule is C#CC1(N)CCCNC1. The third-order valence-corrected chi connectivity index (χ3v) is 1.70. The highest BCUT2D eigenvalue weighted by molar-refractivity contribution is 5.13. The van der Waals surface area contributed by atoms with E-state index in [0.717, 1.165) is 25.9 Å². The minimum Gasteiger partial charge on any atom is -0.314 e. The molecule has 0 aromatic carbocycles. The van der Waals surface area contributed by atoms with E-state index in [9.17, 15) is 0 Å². The molecule has 0 radical (unpaired) electrons. The zero-order valence-electron chi connectivity index (χ0n) is 5.48. The number of piperidine rings is 1. The van der Waals surface area contributed by atoms with E-state index in [1.165, 1.54) is 0 Å². The van der Waals surface area contributed by atoms with Crippen LogP contribution in [0.2, 0.25) is 0 Å². The molecule has 50 valence electrons. The fraction of sp³-hybridized carbons (Fsp3) is 0.714. The lowest BCUT2D eigenvalue weighted by molar-refractivity contribution is 0.390. The van der Waals surface area contributed by atoms with Gasteiger partial charge < -0.3 is 11.1 Å². The molecule has 0 aliphatic carbocycles. The van der Waals surface area contributed by atoms with Crippen LogP contribution < -0.4 is 11.1 Å². The van der Waals surface area contributed by atoms with E-state index in [1.54, 1.807) is 0 Å². The Morgan fingerprint density at radius 3 is 2.78 bits per heavy atom. The molecule has 9 heavy (non-hydrogen) atoms. The minimum absolute atomic E-state index is 0.363. The van der Waals surface area contributed by atoms with E-state index in [1.807, 2.05) is 0 Å². The molecular weight excluding hydrogens is 112 g/mol. The largest absolute Gasteiger partial charge is 0.314 e. The van der Waals surface area contributed by atoms with Gasteiger partial charge in [-0.15, -0.1) is 6.42 Å². The third-order valence-electron chi connectivity index (χ3n) is 1.70. The van der Waals surface area contributed by atoms with Gasteiger partial charge in [0, 0.05) is 6.54 Å². The van der Waals surface area contributed by atoms with Gasteiger partial charge >= 0.3 is 0 Å². The van der Waals surface area contributed by atoms with Gasteiger partial charge in [-0.3, -0.25) is 0 Å². The summed E-state index contributed by atoms with van der Waals surface area (Å²) in [6.07, 6.45) is 7.28. The molecule has 1 saturated heterocycles. The van der Waals surface area contributed by atoms with Crippen LogP contribution in [-0.4, -0.2) is 18.6 Å². The quantitative estimate of drug-likeness (QED) is 0.435. The van der Waals surface area contributed by atoms with E-state index in [4.69, 9.17) is 12.2 Å².